The van der Waals surface area contributed by atoms with E-state index >= 15 is 0 Å². The fourth-order valence-electron chi connectivity index (χ4n) is 7.55. The van der Waals surface area contributed by atoms with Gasteiger partial charge in [-0.1, -0.05) is 224 Å². The van der Waals surface area contributed by atoms with Crippen molar-refractivity contribution in [2.24, 2.45) is 0 Å². The summed E-state index contributed by atoms with van der Waals surface area (Å²) < 4.78 is 0. The maximum absolute atomic E-state index is 2.33. The lowest BCUT2D eigenvalue weighted by atomic mass is 9.92. The summed E-state index contributed by atoms with van der Waals surface area (Å²) in [6, 6.07) is 73.5. The van der Waals surface area contributed by atoms with Crippen LogP contribution in [0.2, 0.25) is 0 Å². The van der Waals surface area contributed by atoms with Gasteiger partial charge >= 0.3 is 0 Å². The molecule has 0 aliphatic heterocycles. The fraction of sp³-hybridized carbons (Fsp3) is 0.0345. The Balaban J connectivity index is 1.08. The van der Waals surface area contributed by atoms with Crippen LogP contribution in [-0.2, 0) is 0 Å². The fourth-order valence-corrected chi connectivity index (χ4v) is 7.55. The standard InChI is InChI=1S/C58H46/c1-43-16-15-17-44(2)58(43)55-39-38-49(36-34-45-26-30-47(31-27-45)40-56(50-18-7-3-8-19-50)51-20-9-4-10-21-51)54(42-55)37-35-46-28-32-48(33-29-46)41-57(52-22-11-5-12-23-52)53-24-13-6-14-25-53/h3-42H,1-2H3. The van der Waals surface area contributed by atoms with Crippen molar-refractivity contribution in [2.75, 3.05) is 0 Å². The Bertz CT molecular complexity index is 2610. The Labute approximate surface area is 344 Å². The zero-order valence-corrected chi connectivity index (χ0v) is 33.1. The lowest BCUT2D eigenvalue weighted by molar-refractivity contribution is 1.38. The van der Waals surface area contributed by atoms with Gasteiger partial charge in [-0.15, -0.1) is 0 Å². The molecule has 0 nitrogen and oxygen atoms in total. The molecule has 0 bridgehead atoms. The van der Waals surface area contributed by atoms with E-state index in [2.05, 4.69) is 257 Å². The molecule has 0 aliphatic rings. The third-order valence-electron chi connectivity index (χ3n) is 10.6. The van der Waals surface area contributed by atoms with Crippen LogP contribution in [0.15, 0.2) is 206 Å². The molecule has 8 aromatic carbocycles. The molecule has 58 heavy (non-hydrogen) atoms. The van der Waals surface area contributed by atoms with E-state index in [9.17, 15) is 0 Å². The summed E-state index contributed by atoms with van der Waals surface area (Å²) in [4.78, 5) is 0. The van der Waals surface area contributed by atoms with Crippen LogP contribution < -0.4 is 0 Å². The van der Waals surface area contributed by atoms with Gasteiger partial charge in [-0.2, -0.15) is 0 Å². The van der Waals surface area contributed by atoms with E-state index in [-0.39, 0.29) is 0 Å². The van der Waals surface area contributed by atoms with Crippen molar-refractivity contribution >= 4 is 47.6 Å². The minimum absolute atomic E-state index is 1.15. The van der Waals surface area contributed by atoms with Gasteiger partial charge < -0.3 is 0 Å². The zero-order valence-electron chi connectivity index (χ0n) is 33.1. The van der Waals surface area contributed by atoms with Crippen LogP contribution in [0.4, 0.5) is 0 Å². The summed E-state index contributed by atoms with van der Waals surface area (Å²) in [5.41, 5.74) is 19.3. The van der Waals surface area contributed by atoms with Crippen LogP contribution in [0.5, 0.6) is 0 Å². The molecule has 0 amide bonds. The van der Waals surface area contributed by atoms with Crippen molar-refractivity contribution in [2.45, 2.75) is 13.8 Å². The van der Waals surface area contributed by atoms with E-state index in [1.807, 2.05) is 0 Å². The van der Waals surface area contributed by atoms with Gasteiger partial charge in [0.1, 0.15) is 0 Å². The highest BCUT2D eigenvalue weighted by molar-refractivity contribution is 5.93. The van der Waals surface area contributed by atoms with Crippen LogP contribution in [-0.4, -0.2) is 0 Å². The number of hydrogen-bond acceptors (Lipinski definition) is 0. The zero-order chi connectivity index (χ0) is 39.5. The highest BCUT2D eigenvalue weighted by Gasteiger charge is 2.09. The molecular formula is C58H46. The van der Waals surface area contributed by atoms with Crippen LogP contribution in [0.25, 0.3) is 58.7 Å². The second kappa shape index (κ2) is 18.1. The summed E-state index contributed by atoms with van der Waals surface area (Å²) in [5.74, 6) is 0. The quantitative estimate of drug-likeness (QED) is 0.116. The van der Waals surface area contributed by atoms with Gasteiger partial charge in [-0.3, -0.25) is 0 Å². The molecule has 0 fully saturated rings. The average Bonchev–Trinajstić information content (AvgIpc) is 3.28. The van der Waals surface area contributed by atoms with E-state index in [1.165, 1.54) is 77.9 Å². The Kier molecular flexibility index (Phi) is 11.8. The molecule has 8 rings (SSSR count). The largest absolute Gasteiger partial charge is 0.0622 e. The minimum Gasteiger partial charge on any atom is -0.0622 e. The van der Waals surface area contributed by atoms with Crippen molar-refractivity contribution in [3.8, 4) is 11.1 Å². The van der Waals surface area contributed by atoms with E-state index < -0.39 is 0 Å². The van der Waals surface area contributed by atoms with E-state index in [1.54, 1.807) is 0 Å². The smallest absolute Gasteiger partial charge is 0.0105 e. The normalized spacial score (nSPS) is 11.1. The van der Waals surface area contributed by atoms with Crippen LogP contribution in [0, 0.1) is 13.8 Å². The number of rotatable bonds is 11. The third kappa shape index (κ3) is 9.22. The first-order valence-corrected chi connectivity index (χ1v) is 20.0. The summed E-state index contributed by atoms with van der Waals surface area (Å²) >= 11 is 0. The molecule has 0 radical (unpaired) electrons. The summed E-state index contributed by atoms with van der Waals surface area (Å²) in [6.45, 7) is 4.40. The van der Waals surface area contributed by atoms with Crippen LogP contribution in [0.3, 0.4) is 0 Å². The molecule has 0 N–H and O–H groups in total. The predicted molar refractivity (Wildman–Crippen MR) is 252 cm³/mol. The topological polar surface area (TPSA) is 0 Å². The van der Waals surface area contributed by atoms with Gasteiger partial charge in [0.05, 0.1) is 0 Å². The highest BCUT2D eigenvalue weighted by Crippen LogP contribution is 2.32. The monoisotopic (exact) mass is 742 g/mol. The van der Waals surface area contributed by atoms with Crippen molar-refractivity contribution < 1.29 is 0 Å². The SMILES string of the molecule is Cc1cccc(C)c1-c1ccc(C=Cc2ccc(C=C(c3ccccc3)c3ccccc3)cc2)c(C=Cc2ccc(C=C(c3ccccc3)c3ccccc3)cc2)c1. The first-order chi connectivity index (χ1) is 28.6. The Morgan fingerprint density at radius 3 is 1.07 bits per heavy atom. The van der Waals surface area contributed by atoms with Gasteiger partial charge in [-0.25, -0.2) is 0 Å². The molecule has 0 atom stereocenters. The van der Waals surface area contributed by atoms with Gasteiger partial charge in [0.15, 0.2) is 0 Å². The van der Waals surface area contributed by atoms with E-state index in [4.69, 9.17) is 0 Å². The first kappa shape index (κ1) is 37.6. The van der Waals surface area contributed by atoms with Gasteiger partial charge in [0.25, 0.3) is 0 Å². The Morgan fingerprint density at radius 1 is 0.310 bits per heavy atom. The maximum Gasteiger partial charge on any atom is -0.0105 e. The van der Waals surface area contributed by atoms with Crippen molar-refractivity contribution in [1.82, 2.24) is 0 Å². The predicted octanol–water partition coefficient (Wildman–Crippen LogP) is 15.5. The molecule has 0 spiro atoms. The van der Waals surface area contributed by atoms with Crippen LogP contribution in [0.1, 0.15) is 66.8 Å². The van der Waals surface area contributed by atoms with Crippen molar-refractivity contribution in [1.29, 1.82) is 0 Å². The lowest BCUT2D eigenvalue weighted by Gasteiger charge is -2.12. The summed E-state index contributed by atoms with van der Waals surface area (Å²) in [7, 11) is 0. The second-order valence-corrected chi connectivity index (χ2v) is 14.7. The van der Waals surface area contributed by atoms with Crippen LogP contribution >= 0.6 is 0 Å². The van der Waals surface area contributed by atoms with Gasteiger partial charge in [0.2, 0.25) is 0 Å². The van der Waals surface area contributed by atoms with E-state index in [0.717, 1.165) is 11.1 Å². The Hall–Kier alpha value is -7.28. The number of hydrogen-bond donors (Lipinski definition) is 0. The number of benzene rings is 8. The summed E-state index contributed by atoms with van der Waals surface area (Å²) in [5, 5.41) is 0. The van der Waals surface area contributed by atoms with Gasteiger partial charge in [0, 0.05) is 0 Å². The molecule has 278 valence electrons. The minimum atomic E-state index is 1.15. The van der Waals surface area contributed by atoms with Gasteiger partial charge in [-0.05, 0) is 121 Å². The van der Waals surface area contributed by atoms with Crippen molar-refractivity contribution in [3.05, 3.63) is 273 Å². The maximum atomic E-state index is 2.33. The molecule has 0 saturated heterocycles. The highest BCUT2D eigenvalue weighted by atomic mass is 14.1. The Morgan fingerprint density at radius 2 is 0.672 bits per heavy atom. The molecule has 0 aromatic heterocycles. The first-order valence-electron chi connectivity index (χ1n) is 20.0. The molecule has 0 unspecified atom stereocenters. The molecule has 0 heterocycles. The molecule has 0 heteroatoms. The second-order valence-electron chi connectivity index (χ2n) is 14.7. The van der Waals surface area contributed by atoms with E-state index in [0.29, 0.717) is 0 Å². The molecule has 0 saturated carbocycles. The average molecular weight is 743 g/mol. The molecule has 8 aromatic rings. The van der Waals surface area contributed by atoms with Crippen molar-refractivity contribution in [3.63, 3.8) is 0 Å². The molecular weight excluding hydrogens is 697 g/mol. The lowest BCUT2D eigenvalue weighted by Crippen LogP contribution is -1.90. The number of aryl methyl sites for hydroxylation is 2. The third-order valence-corrected chi connectivity index (χ3v) is 10.6. The molecule has 0 aliphatic carbocycles. The summed E-state index contributed by atoms with van der Waals surface area (Å²) in [6.07, 6.45) is 13.5.